The predicted octanol–water partition coefficient (Wildman–Crippen LogP) is 7.11. The number of methoxy groups -OCH3 is 1. The number of hydrogen-bond donors (Lipinski definition) is 0. The van der Waals surface area contributed by atoms with E-state index in [4.69, 9.17) is 25.8 Å². The van der Waals surface area contributed by atoms with Gasteiger partial charge in [-0.15, -0.1) is 0 Å². The molecule has 2 aromatic carbocycles. The van der Waals surface area contributed by atoms with Crippen LogP contribution in [0.3, 0.4) is 0 Å². The van der Waals surface area contributed by atoms with E-state index in [1.807, 2.05) is 42.2 Å². The van der Waals surface area contributed by atoms with Gasteiger partial charge in [-0.1, -0.05) is 36.0 Å². The Bertz CT molecular complexity index is 1450. The van der Waals surface area contributed by atoms with Crippen LogP contribution in [0.1, 0.15) is 62.5 Å². The maximum absolute atomic E-state index is 13.2. The van der Waals surface area contributed by atoms with Crippen molar-refractivity contribution in [1.82, 2.24) is 14.7 Å². The molecule has 192 valence electrons. The van der Waals surface area contributed by atoms with Gasteiger partial charge in [-0.3, -0.25) is 4.79 Å². The van der Waals surface area contributed by atoms with E-state index in [1.54, 1.807) is 7.11 Å². The first-order valence-electron chi connectivity index (χ1n) is 13.1. The van der Waals surface area contributed by atoms with Crippen molar-refractivity contribution in [3.05, 3.63) is 59.1 Å². The molecule has 4 aromatic rings. The smallest absolute Gasteiger partial charge is 0.227 e. The van der Waals surface area contributed by atoms with Gasteiger partial charge in [-0.25, -0.2) is 4.98 Å². The van der Waals surface area contributed by atoms with Crippen LogP contribution in [0.25, 0.3) is 22.2 Å². The third kappa shape index (κ3) is 4.50. The molecule has 0 bridgehead atoms. The third-order valence-electron chi connectivity index (χ3n) is 7.86. The lowest BCUT2D eigenvalue weighted by Crippen LogP contribution is -2.29. The lowest BCUT2D eigenvalue weighted by atomic mass is 9.89. The maximum atomic E-state index is 13.2. The molecular formula is C29H31ClN4O3. The highest BCUT2D eigenvalue weighted by Crippen LogP contribution is 2.41. The molecule has 0 unspecified atom stereocenters. The fraction of sp³-hybridized carbons (Fsp3) is 0.414. The average Bonchev–Trinajstić information content (AvgIpc) is 3.61. The van der Waals surface area contributed by atoms with E-state index in [1.165, 1.54) is 32.1 Å². The van der Waals surface area contributed by atoms with Gasteiger partial charge in [-0.05, 0) is 68.5 Å². The lowest BCUT2D eigenvalue weighted by molar-refractivity contribution is -0.117. The number of carbonyl (C=O) groups is 1. The molecule has 1 aliphatic heterocycles. The first kappa shape index (κ1) is 24.0. The van der Waals surface area contributed by atoms with Crippen LogP contribution in [0.4, 0.5) is 5.69 Å². The van der Waals surface area contributed by atoms with Gasteiger partial charge in [0.1, 0.15) is 11.6 Å². The highest BCUT2D eigenvalue weighted by atomic mass is 35.5. The maximum Gasteiger partial charge on any atom is 0.227 e. The molecule has 1 atom stereocenters. The Hall–Kier alpha value is -3.32. The topological polar surface area (TPSA) is 73.4 Å². The second kappa shape index (κ2) is 9.86. The first-order valence-corrected chi connectivity index (χ1v) is 13.5. The van der Waals surface area contributed by atoms with Gasteiger partial charge in [0.15, 0.2) is 5.58 Å². The average molecular weight is 519 g/mol. The van der Waals surface area contributed by atoms with Gasteiger partial charge in [0.25, 0.3) is 0 Å². The summed E-state index contributed by atoms with van der Waals surface area (Å²) < 4.78 is 13.0. The van der Waals surface area contributed by atoms with E-state index in [0.29, 0.717) is 29.5 Å². The summed E-state index contributed by atoms with van der Waals surface area (Å²) in [5, 5.41) is 5.58. The number of imidazole rings is 1. The van der Waals surface area contributed by atoms with Crippen LogP contribution in [0.2, 0.25) is 5.02 Å². The van der Waals surface area contributed by atoms with E-state index >= 15 is 0 Å². The van der Waals surface area contributed by atoms with E-state index in [-0.39, 0.29) is 11.9 Å². The number of halogens is 1. The van der Waals surface area contributed by atoms with Crippen LogP contribution in [-0.2, 0) is 11.3 Å². The molecule has 6 rings (SSSR count). The first-order chi connectivity index (χ1) is 18.0. The molecule has 1 saturated carbocycles. The van der Waals surface area contributed by atoms with Gasteiger partial charge >= 0.3 is 0 Å². The summed E-state index contributed by atoms with van der Waals surface area (Å²) in [5.74, 6) is 2.23. The van der Waals surface area contributed by atoms with Crippen LogP contribution < -0.4 is 9.64 Å². The summed E-state index contributed by atoms with van der Waals surface area (Å²) in [4.78, 5) is 20.2. The highest BCUT2D eigenvalue weighted by molar-refractivity contribution is 6.32. The van der Waals surface area contributed by atoms with Gasteiger partial charge in [-0.2, -0.15) is 0 Å². The Labute approximate surface area is 221 Å². The Morgan fingerprint density at radius 2 is 1.95 bits per heavy atom. The van der Waals surface area contributed by atoms with Crippen LogP contribution in [0.5, 0.6) is 5.75 Å². The number of ether oxygens (including phenoxy) is 1. The highest BCUT2D eigenvalue weighted by Gasteiger charge is 2.37. The van der Waals surface area contributed by atoms with Gasteiger partial charge in [0.2, 0.25) is 5.91 Å². The summed E-state index contributed by atoms with van der Waals surface area (Å²) >= 11 is 6.45. The molecule has 0 radical (unpaired) electrons. The van der Waals surface area contributed by atoms with Crippen molar-refractivity contribution in [1.29, 1.82) is 0 Å². The van der Waals surface area contributed by atoms with Crippen LogP contribution in [-0.4, -0.2) is 27.7 Å². The molecule has 37 heavy (non-hydrogen) atoms. The van der Waals surface area contributed by atoms with E-state index in [2.05, 4.69) is 22.0 Å². The Kier molecular flexibility index (Phi) is 6.41. The fourth-order valence-electron chi connectivity index (χ4n) is 5.91. The molecule has 8 heteroatoms. The van der Waals surface area contributed by atoms with Crippen molar-refractivity contribution < 1.29 is 14.1 Å². The number of aryl methyl sites for hydroxylation is 1. The van der Waals surface area contributed by atoms with E-state index < -0.39 is 0 Å². The molecular weight excluding hydrogens is 488 g/mol. The normalized spacial score (nSPS) is 18.7. The number of nitrogens with zero attached hydrogens (tertiary/aromatic N) is 4. The zero-order chi connectivity index (χ0) is 25.5. The molecule has 2 fully saturated rings. The number of aromatic nitrogens is 3. The monoisotopic (exact) mass is 518 g/mol. The van der Waals surface area contributed by atoms with Crippen molar-refractivity contribution >= 4 is 34.2 Å². The Morgan fingerprint density at radius 3 is 2.73 bits per heavy atom. The summed E-state index contributed by atoms with van der Waals surface area (Å²) in [7, 11) is 1.59. The number of rotatable bonds is 6. The summed E-state index contributed by atoms with van der Waals surface area (Å²) in [6.45, 7) is 2.86. The third-order valence-corrected chi connectivity index (χ3v) is 8.15. The molecule has 1 saturated heterocycles. The number of carbonyl (C=O) groups excluding carboxylic acids is 1. The summed E-state index contributed by atoms with van der Waals surface area (Å²) in [5.41, 5.74) is 4.33. The minimum Gasteiger partial charge on any atom is -0.495 e. The van der Waals surface area contributed by atoms with Crippen LogP contribution in [0, 0.1) is 12.8 Å². The molecule has 3 heterocycles. The molecule has 2 aromatic heterocycles. The second-order valence-electron chi connectivity index (χ2n) is 10.3. The molecule has 1 amide bonds. The van der Waals surface area contributed by atoms with E-state index in [0.717, 1.165) is 46.0 Å². The number of benzene rings is 2. The van der Waals surface area contributed by atoms with Gasteiger partial charge < -0.3 is 18.7 Å². The van der Waals surface area contributed by atoms with E-state index in [9.17, 15) is 4.79 Å². The second-order valence-corrected chi connectivity index (χ2v) is 10.7. The number of amides is 1. The number of fused-ring (bicyclic) bond motifs is 1. The largest absolute Gasteiger partial charge is 0.495 e. The molecule has 7 nitrogen and oxygen atoms in total. The molecule has 1 aliphatic carbocycles. The number of anilines is 1. The van der Waals surface area contributed by atoms with Crippen molar-refractivity contribution in [2.24, 2.45) is 5.92 Å². The molecule has 2 aliphatic rings. The standard InChI is InChI=1S/C29H31ClN4O3/c1-18-22-14-20(8-11-26(22)37-32-18)24-17-33(16-19-6-4-3-5-7-19)29(31-24)25-10-13-28(35)34(25)21-9-12-27(36-2)23(30)15-21/h8-9,11-12,14-15,17,19,25H,3-7,10,13,16H2,1-2H3/t25-/m0/s1. The molecule has 0 N–H and O–H groups in total. The quantitative estimate of drug-likeness (QED) is 0.272. The fourth-order valence-corrected chi connectivity index (χ4v) is 6.16. The predicted molar refractivity (Wildman–Crippen MR) is 144 cm³/mol. The Morgan fingerprint density at radius 1 is 1.11 bits per heavy atom. The minimum atomic E-state index is -0.157. The van der Waals surface area contributed by atoms with Crippen LogP contribution >= 0.6 is 11.6 Å². The zero-order valence-corrected chi connectivity index (χ0v) is 22.0. The summed E-state index contributed by atoms with van der Waals surface area (Å²) in [6.07, 6.45) is 9.71. The zero-order valence-electron chi connectivity index (χ0n) is 21.2. The number of hydrogen-bond acceptors (Lipinski definition) is 5. The van der Waals surface area contributed by atoms with Crippen LogP contribution in [0.15, 0.2) is 47.1 Å². The van der Waals surface area contributed by atoms with Gasteiger partial charge in [0, 0.05) is 35.8 Å². The Balaban J connectivity index is 1.41. The SMILES string of the molecule is COc1ccc(N2C(=O)CC[C@H]2c2nc(-c3ccc4onc(C)c4c3)cn2CC2CCCCC2)cc1Cl. The lowest BCUT2D eigenvalue weighted by Gasteiger charge is -2.27. The van der Waals surface area contributed by atoms with Gasteiger partial charge in [0.05, 0.1) is 29.6 Å². The summed E-state index contributed by atoms with van der Waals surface area (Å²) in [6, 6.07) is 11.5. The van der Waals surface area contributed by atoms with Crippen molar-refractivity contribution in [2.45, 2.75) is 64.5 Å². The van der Waals surface area contributed by atoms with Crippen molar-refractivity contribution in [3.8, 4) is 17.0 Å². The minimum absolute atomic E-state index is 0.0847. The van der Waals surface area contributed by atoms with Crippen molar-refractivity contribution in [3.63, 3.8) is 0 Å². The van der Waals surface area contributed by atoms with Crippen molar-refractivity contribution in [2.75, 3.05) is 12.0 Å². The molecule has 0 spiro atoms.